The maximum absolute atomic E-state index is 12.6. The predicted octanol–water partition coefficient (Wildman–Crippen LogP) is 6.52. The van der Waals surface area contributed by atoms with Crippen LogP contribution in [0.1, 0.15) is 60.8 Å². The number of carbonyl (C=O) groups excluding carboxylic acids is 1. The molecule has 3 aromatic rings. The lowest BCUT2D eigenvalue weighted by atomic mass is 9.71. The molecule has 1 saturated carbocycles. The highest BCUT2D eigenvalue weighted by Crippen LogP contribution is 2.42. The van der Waals surface area contributed by atoms with Gasteiger partial charge < -0.3 is 4.74 Å². The number of hydrogen-bond acceptors (Lipinski definition) is 3. The number of rotatable bonds is 8. The van der Waals surface area contributed by atoms with Crippen LogP contribution in [-0.2, 0) is 29.0 Å². The molecule has 0 radical (unpaired) electrons. The summed E-state index contributed by atoms with van der Waals surface area (Å²) in [5, 5.41) is 0. The summed E-state index contributed by atoms with van der Waals surface area (Å²) in [7, 11) is 0. The molecule has 3 heteroatoms. The van der Waals surface area contributed by atoms with Gasteiger partial charge in [0.05, 0.1) is 6.42 Å². The zero-order chi connectivity index (χ0) is 22.2. The molecule has 4 rings (SSSR count). The van der Waals surface area contributed by atoms with E-state index in [1.165, 1.54) is 36.8 Å². The summed E-state index contributed by atoms with van der Waals surface area (Å²) in [5.41, 5.74) is 4.74. The minimum atomic E-state index is -0.187. The third kappa shape index (κ3) is 6.29. The van der Waals surface area contributed by atoms with Gasteiger partial charge in [-0.15, -0.1) is 0 Å². The number of pyridine rings is 1. The van der Waals surface area contributed by atoms with E-state index in [2.05, 4.69) is 48.3 Å². The SMILES string of the molecule is C[C@@H]1C[C@H](CCc2ccccc2)C[C@H](c2ccncc2CC(=O)OCc2ccccc2)C1. The first-order chi connectivity index (χ1) is 15.7. The molecule has 0 N–H and O–H groups in total. The van der Waals surface area contributed by atoms with Crippen molar-refractivity contribution in [2.24, 2.45) is 11.8 Å². The number of benzene rings is 2. The van der Waals surface area contributed by atoms with E-state index in [0.29, 0.717) is 18.4 Å². The van der Waals surface area contributed by atoms with Gasteiger partial charge in [-0.1, -0.05) is 67.6 Å². The molecule has 0 amide bonds. The van der Waals surface area contributed by atoms with Crippen molar-refractivity contribution < 1.29 is 9.53 Å². The summed E-state index contributed by atoms with van der Waals surface area (Å²) in [5.74, 6) is 1.71. The zero-order valence-electron chi connectivity index (χ0n) is 19.0. The first kappa shape index (κ1) is 22.3. The molecule has 32 heavy (non-hydrogen) atoms. The summed E-state index contributed by atoms with van der Waals surface area (Å²) in [6.45, 7) is 2.69. The monoisotopic (exact) mass is 427 g/mol. The Bertz CT molecular complexity index is 986. The molecule has 0 aliphatic heterocycles. The first-order valence-electron chi connectivity index (χ1n) is 11.8. The van der Waals surface area contributed by atoms with Crippen LogP contribution in [0, 0.1) is 11.8 Å². The van der Waals surface area contributed by atoms with Crippen LogP contribution in [-0.4, -0.2) is 11.0 Å². The predicted molar refractivity (Wildman–Crippen MR) is 128 cm³/mol. The highest BCUT2D eigenvalue weighted by atomic mass is 16.5. The fraction of sp³-hybridized carbons (Fsp3) is 0.379. The molecule has 1 aliphatic rings. The second-order valence-corrected chi connectivity index (χ2v) is 9.30. The molecule has 1 heterocycles. The van der Waals surface area contributed by atoms with Gasteiger partial charge >= 0.3 is 5.97 Å². The number of esters is 1. The second kappa shape index (κ2) is 11.1. The van der Waals surface area contributed by atoms with Crippen LogP contribution >= 0.6 is 0 Å². The average Bonchev–Trinajstić information content (AvgIpc) is 2.83. The lowest BCUT2D eigenvalue weighted by Crippen LogP contribution is -2.22. The standard InChI is InChI=1S/C29H33NO2/c1-22-16-25(13-12-23-8-4-2-5-9-23)18-26(17-22)28-14-15-30-20-27(28)19-29(31)32-21-24-10-6-3-7-11-24/h2-11,14-15,20,22,25-26H,12-13,16-19,21H2,1H3/t22-,25+,26-/m1/s1. The minimum Gasteiger partial charge on any atom is -0.461 e. The van der Waals surface area contributed by atoms with E-state index in [1.54, 1.807) is 0 Å². The molecule has 0 unspecified atom stereocenters. The van der Waals surface area contributed by atoms with Crippen LogP contribution in [0.15, 0.2) is 79.1 Å². The van der Waals surface area contributed by atoms with E-state index >= 15 is 0 Å². The number of carbonyl (C=O) groups is 1. The largest absolute Gasteiger partial charge is 0.461 e. The Kier molecular flexibility index (Phi) is 7.71. The number of nitrogens with zero attached hydrogens (tertiary/aromatic N) is 1. The van der Waals surface area contributed by atoms with Crippen molar-refractivity contribution in [3.05, 3.63) is 101 Å². The highest BCUT2D eigenvalue weighted by molar-refractivity contribution is 5.73. The smallest absolute Gasteiger partial charge is 0.310 e. The van der Waals surface area contributed by atoms with E-state index < -0.39 is 0 Å². The minimum absolute atomic E-state index is 0.187. The van der Waals surface area contributed by atoms with Gasteiger partial charge in [-0.25, -0.2) is 0 Å². The van der Waals surface area contributed by atoms with Crippen molar-refractivity contribution in [3.8, 4) is 0 Å². The Hall–Kier alpha value is -2.94. The maximum Gasteiger partial charge on any atom is 0.310 e. The van der Waals surface area contributed by atoms with Crippen molar-refractivity contribution in [2.75, 3.05) is 0 Å². The van der Waals surface area contributed by atoms with Crippen molar-refractivity contribution in [1.29, 1.82) is 0 Å². The van der Waals surface area contributed by atoms with E-state index in [4.69, 9.17) is 4.74 Å². The maximum atomic E-state index is 12.6. The van der Waals surface area contributed by atoms with Crippen LogP contribution in [0.2, 0.25) is 0 Å². The van der Waals surface area contributed by atoms with E-state index in [9.17, 15) is 4.79 Å². The van der Waals surface area contributed by atoms with Gasteiger partial charge in [-0.3, -0.25) is 9.78 Å². The van der Waals surface area contributed by atoms with E-state index in [-0.39, 0.29) is 12.4 Å². The van der Waals surface area contributed by atoms with Gasteiger partial charge in [0.25, 0.3) is 0 Å². The summed E-state index contributed by atoms with van der Waals surface area (Å²) in [4.78, 5) is 16.9. The Morgan fingerprint density at radius 2 is 1.66 bits per heavy atom. The third-order valence-corrected chi connectivity index (χ3v) is 6.68. The van der Waals surface area contributed by atoms with Crippen LogP contribution in [0.5, 0.6) is 0 Å². The Balaban J connectivity index is 1.38. The fourth-order valence-electron chi connectivity index (χ4n) is 5.18. The molecule has 2 aromatic carbocycles. The Morgan fingerprint density at radius 3 is 2.41 bits per heavy atom. The second-order valence-electron chi connectivity index (χ2n) is 9.30. The van der Waals surface area contributed by atoms with Gasteiger partial charge in [-0.05, 0) is 78.2 Å². The number of aromatic nitrogens is 1. The molecule has 0 saturated heterocycles. The Morgan fingerprint density at radius 1 is 0.938 bits per heavy atom. The van der Waals surface area contributed by atoms with Crippen molar-refractivity contribution in [2.45, 2.75) is 58.0 Å². The first-order valence-corrected chi connectivity index (χ1v) is 11.8. The quantitative estimate of drug-likeness (QED) is 0.384. The number of ether oxygens (including phenoxy) is 1. The van der Waals surface area contributed by atoms with Crippen LogP contribution in [0.3, 0.4) is 0 Å². The third-order valence-electron chi connectivity index (χ3n) is 6.68. The summed E-state index contributed by atoms with van der Waals surface area (Å²) in [6, 6.07) is 22.7. The average molecular weight is 428 g/mol. The molecule has 0 bridgehead atoms. The van der Waals surface area contributed by atoms with Crippen molar-refractivity contribution >= 4 is 5.97 Å². The van der Waals surface area contributed by atoms with Crippen molar-refractivity contribution in [1.82, 2.24) is 4.98 Å². The number of aryl methyl sites for hydroxylation is 1. The zero-order valence-corrected chi connectivity index (χ0v) is 19.0. The normalized spacial score (nSPS) is 20.6. The van der Waals surface area contributed by atoms with Gasteiger partial charge in [0.1, 0.15) is 6.61 Å². The van der Waals surface area contributed by atoms with Gasteiger partial charge in [0.2, 0.25) is 0 Å². The molecule has 1 aromatic heterocycles. The summed E-state index contributed by atoms with van der Waals surface area (Å²) >= 11 is 0. The fourth-order valence-corrected chi connectivity index (χ4v) is 5.18. The topological polar surface area (TPSA) is 39.2 Å². The van der Waals surface area contributed by atoms with Crippen LogP contribution in [0.4, 0.5) is 0 Å². The van der Waals surface area contributed by atoms with Crippen LogP contribution in [0.25, 0.3) is 0 Å². The van der Waals surface area contributed by atoms with Gasteiger partial charge in [0, 0.05) is 12.4 Å². The summed E-state index contributed by atoms with van der Waals surface area (Å²) in [6.07, 6.45) is 10.0. The lowest BCUT2D eigenvalue weighted by molar-refractivity contribution is -0.144. The molecule has 0 spiro atoms. The molecule has 1 aliphatic carbocycles. The van der Waals surface area contributed by atoms with E-state index in [1.807, 2.05) is 42.7 Å². The molecular formula is C29H33NO2. The Labute approximate surface area is 191 Å². The van der Waals surface area contributed by atoms with Gasteiger partial charge in [0.15, 0.2) is 0 Å². The lowest BCUT2D eigenvalue weighted by Gasteiger charge is -2.34. The van der Waals surface area contributed by atoms with Crippen molar-refractivity contribution in [3.63, 3.8) is 0 Å². The molecule has 166 valence electrons. The van der Waals surface area contributed by atoms with E-state index in [0.717, 1.165) is 23.5 Å². The molecular weight excluding hydrogens is 394 g/mol. The molecule has 1 fully saturated rings. The number of hydrogen-bond donors (Lipinski definition) is 0. The van der Waals surface area contributed by atoms with Crippen LogP contribution < -0.4 is 0 Å². The highest BCUT2D eigenvalue weighted by Gasteiger charge is 2.29. The molecule has 3 atom stereocenters. The summed E-state index contributed by atoms with van der Waals surface area (Å²) < 4.78 is 5.54. The molecule has 3 nitrogen and oxygen atoms in total. The van der Waals surface area contributed by atoms with Gasteiger partial charge in [-0.2, -0.15) is 0 Å².